The fourth-order valence-electron chi connectivity index (χ4n) is 2.99. The van der Waals surface area contributed by atoms with Crippen LogP contribution in [0.25, 0.3) is 0 Å². The summed E-state index contributed by atoms with van der Waals surface area (Å²) in [5, 5.41) is 0.921. The Hall–Kier alpha value is -0.0200. The molecule has 1 aliphatic rings. The van der Waals surface area contributed by atoms with Crippen LogP contribution in [0.5, 0.6) is 0 Å². The topological polar surface area (TPSA) is 3.24 Å². The number of nitrogens with zero attached hydrogens (tertiary/aromatic N) is 1. The van der Waals surface area contributed by atoms with Crippen molar-refractivity contribution >= 4 is 37.5 Å². The van der Waals surface area contributed by atoms with Gasteiger partial charge in [0.2, 0.25) is 0 Å². The standard InChI is InChI=1S/C16H23Br2N/c1-2-4-13-5-3-9-19(10-8-13)16-7-6-14(12-17)11-15(16)18/h6-7,11,13H,2-5,8-10,12H2,1H3. The lowest BCUT2D eigenvalue weighted by Crippen LogP contribution is -2.24. The van der Waals surface area contributed by atoms with E-state index in [1.807, 2.05) is 0 Å². The van der Waals surface area contributed by atoms with E-state index in [0.717, 1.165) is 11.2 Å². The maximum Gasteiger partial charge on any atom is 0.0510 e. The Bertz CT molecular complexity index is 406. The Morgan fingerprint density at radius 3 is 2.79 bits per heavy atom. The highest BCUT2D eigenvalue weighted by Crippen LogP contribution is 2.31. The van der Waals surface area contributed by atoms with E-state index < -0.39 is 0 Å². The first kappa shape index (κ1) is 15.4. The number of alkyl halides is 1. The summed E-state index contributed by atoms with van der Waals surface area (Å²) in [6.45, 7) is 4.71. The van der Waals surface area contributed by atoms with Crippen LogP contribution in [0.1, 0.15) is 44.6 Å². The van der Waals surface area contributed by atoms with Gasteiger partial charge in [-0.3, -0.25) is 0 Å². The number of hydrogen-bond donors (Lipinski definition) is 0. The highest BCUT2D eigenvalue weighted by atomic mass is 79.9. The normalized spacial score (nSPS) is 20.4. The molecule has 3 heteroatoms. The smallest absolute Gasteiger partial charge is 0.0510 e. The molecule has 0 bridgehead atoms. The van der Waals surface area contributed by atoms with Crippen LogP contribution < -0.4 is 4.90 Å². The monoisotopic (exact) mass is 387 g/mol. The minimum Gasteiger partial charge on any atom is -0.371 e. The number of hydrogen-bond acceptors (Lipinski definition) is 1. The summed E-state index contributed by atoms with van der Waals surface area (Å²) in [4.78, 5) is 2.55. The van der Waals surface area contributed by atoms with Crippen LogP contribution in [0.3, 0.4) is 0 Å². The zero-order valence-corrected chi connectivity index (χ0v) is 14.8. The summed E-state index contributed by atoms with van der Waals surface area (Å²) >= 11 is 7.25. The average Bonchev–Trinajstić information content (AvgIpc) is 2.65. The first-order chi connectivity index (χ1) is 9.24. The predicted octanol–water partition coefficient (Wildman–Crippen LogP) is 5.75. The molecule has 1 aliphatic heterocycles. The molecule has 0 spiro atoms. The molecule has 1 heterocycles. The third-order valence-corrected chi connectivity index (χ3v) is 5.33. The number of halogens is 2. The van der Waals surface area contributed by atoms with Crippen LogP contribution in [-0.4, -0.2) is 13.1 Å². The van der Waals surface area contributed by atoms with Crippen molar-refractivity contribution in [1.29, 1.82) is 0 Å². The second-order valence-electron chi connectivity index (χ2n) is 5.49. The van der Waals surface area contributed by atoms with Crippen molar-refractivity contribution in [3.05, 3.63) is 28.2 Å². The summed E-state index contributed by atoms with van der Waals surface area (Å²) in [6, 6.07) is 6.72. The molecule has 0 N–H and O–H groups in total. The van der Waals surface area contributed by atoms with Crippen molar-refractivity contribution in [3.8, 4) is 0 Å². The van der Waals surface area contributed by atoms with Gasteiger partial charge in [0.1, 0.15) is 0 Å². The first-order valence-corrected chi connectivity index (χ1v) is 9.25. The summed E-state index contributed by atoms with van der Waals surface area (Å²) in [6.07, 6.45) is 6.81. The van der Waals surface area contributed by atoms with E-state index in [1.54, 1.807) is 0 Å². The number of rotatable bonds is 4. The van der Waals surface area contributed by atoms with E-state index in [0.29, 0.717) is 0 Å². The fourth-order valence-corrected chi connectivity index (χ4v) is 4.02. The summed E-state index contributed by atoms with van der Waals surface area (Å²) in [5.74, 6) is 0.940. The van der Waals surface area contributed by atoms with E-state index in [1.165, 1.54) is 60.9 Å². The maximum absolute atomic E-state index is 3.73. The molecule has 0 aliphatic carbocycles. The molecule has 0 aromatic heterocycles. The number of anilines is 1. The van der Waals surface area contributed by atoms with Gasteiger partial charge in [0.15, 0.2) is 0 Å². The molecule has 1 fully saturated rings. The Balaban J connectivity index is 2.05. The van der Waals surface area contributed by atoms with Crippen molar-refractivity contribution in [1.82, 2.24) is 0 Å². The molecule has 1 aromatic rings. The van der Waals surface area contributed by atoms with Crippen LogP contribution in [-0.2, 0) is 5.33 Å². The Kier molecular flexibility index (Phi) is 6.21. The lowest BCUT2D eigenvalue weighted by Gasteiger charge is -2.24. The zero-order chi connectivity index (χ0) is 13.7. The minimum absolute atomic E-state index is 0.921. The third-order valence-electron chi connectivity index (χ3n) is 4.05. The van der Waals surface area contributed by atoms with Gasteiger partial charge >= 0.3 is 0 Å². The molecule has 1 atom stereocenters. The van der Waals surface area contributed by atoms with E-state index in [2.05, 4.69) is 61.9 Å². The molecule has 1 unspecified atom stereocenters. The summed E-state index contributed by atoms with van der Waals surface area (Å²) in [7, 11) is 0. The molecule has 1 aromatic carbocycles. The largest absolute Gasteiger partial charge is 0.371 e. The molecule has 106 valence electrons. The van der Waals surface area contributed by atoms with Crippen molar-refractivity contribution in [3.63, 3.8) is 0 Å². The average molecular weight is 389 g/mol. The van der Waals surface area contributed by atoms with E-state index in [9.17, 15) is 0 Å². The molecule has 0 radical (unpaired) electrons. The van der Waals surface area contributed by atoms with Gasteiger partial charge in [-0.15, -0.1) is 0 Å². The van der Waals surface area contributed by atoms with Gasteiger partial charge in [-0.25, -0.2) is 0 Å². The van der Waals surface area contributed by atoms with Crippen molar-refractivity contribution in [2.24, 2.45) is 5.92 Å². The van der Waals surface area contributed by atoms with Crippen LogP contribution in [0, 0.1) is 5.92 Å². The maximum atomic E-state index is 3.73. The van der Waals surface area contributed by atoms with E-state index in [-0.39, 0.29) is 0 Å². The second-order valence-corrected chi connectivity index (χ2v) is 6.91. The zero-order valence-electron chi connectivity index (χ0n) is 11.7. The van der Waals surface area contributed by atoms with Crippen molar-refractivity contribution in [2.45, 2.75) is 44.4 Å². The van der Waals surface area contributed by atoms with Crippen LogP contribution in [0.15, 0.2) is 22.7 Å². The number of benzene rings is 1. The van der Waals surface area contributed by atoms with Crippen LogP contribution >= 0.6 is 31.9 Å². The van der Waals surface area contributed by atoms with Crippen LogP contribution in [0.4, 0.5) is 5.69 Å². The Morgan fingerprint density at radius 2 is 2.11 bits per heavy atom. The summed E-state index contributed by atoms with van der Waals surface area (Å²) < 4.78 is 1.23. The van der Waals surface area contributed by atoms with E-state index in [4.69, 9.17) is 0 Å². The minimum atomic E-state index is 0.921. The Morgan fingerprint density at radius 1 is 1.26 bits per heavy atom. The molecule has 1 saturated heterocycles. The van der Waals surface area contributed by atoms with Gasteiger partial charge in [-0.2, -0.15) is 0 Å². The van der Waals surface area contributed by atoms with Gasteiger partial charge in [0.05, 0.1) is 5.69 Å². The van der Waals surface area contributed by atoms with Gasteiger partial charge in [0, 0.05) is 22.9 Å². The molecule has 19 heavy (non-hydrogen) atoms. The second kappa shape index (κ2) is 7.68. The van der Waals surface area contributed by atoms with Crippen LogP contribution in [0.2, 0.25) is 0 Å². The predicted molar refractivity (Wildman–Crippen MR) is 91.2 cm³/mol. The van der Waals surface area contributed by atoms with Gasteiger partial charge < -0.3 is 4.90 Å². The quantitative estimate of drug-likeness (QED) is 0.593. The SMILES string of the molecule is CCCC1CCCN(c2ccc(CBr)cc2Br)CC1. The van der Waals surface area contributed by atoms with Gasteiger partial charge in [-0.05, 0) is 58.8 Å². The van der Waals surface area contributed by atoms with E-state index >= 15 is 0 Å². The van der Waals surface area contributed by atoms with Crippen molar-refractivity contribution in [2.75, 3.05) is 18.0 Å². The molecular formula is C16H23Br2N. The highest BCUT2D eigenvalue weighted by Gasteiger charge is 2.18. The lowest BCUT2D eigenvalue weighted by molar-refractivity contribution is 0.435. The molecule has 2 rings (SSSR count). The Labute approximate surface area is 134 Å². The molecule has 0 amide bonds. The molecule has 1 nitrogen and oxygen atoms in total. The molecule has 0 saturated carbocycles. The molecular weight excluding hydrogens is 366 g/mol. The highest BCUT2D eigenvalue weighted by molar-refractivity contribution is 9.10. The van der Waals surface area contributed by atoms with Gasteiger partial charge in [-0.1, -0.05) is 41.8 Å². The fraction of sp³-hybridized carbons (Fsp3) is 0.625. The third kappa shape index (κ3) is 4.22. The lowest BCUT2D eigenvalue weighted by atomic mass is 9.96. The van der Waals surface area contributed by atoms with Gasteiger partial charge in [0.25, 0.3) is 0 Å². The summed E-state index contributed by atoms with van der Waals surface area (Å²) in [5.41, 5.74) is 2.69. The first-order valence-electron chi connectivity index (χ1n) is 7.34. The van der Waals surface area contributed by atoms with Crippen molar-refractivity contribution < 1.29 is 0 Å².